The number of hydrogen-bond acceptors (Lipinski definition) is 5. The van der Waals surface area contributed by atoms with Crippen molar-refractivity contribution in [3.63, 3.8) is 0 Å². The molecule has 0 bridgehead atoms. The van der Waals surface area contributed by atoms with Crippen LogP contribution in [0.25, 0.3) is 0 Å². The first-order chi connectivity index (χ1) is 11.0. The predicted molar refractivity (Wildman–Crippen MR) is 91.2 cm³/mol. The molecule has 3 rings (SSSR count). The number of aromatic nitrogens is 1. The van der Waals surface area contributed by atoms with Gasteiger partial charge in [-0.05, 0) is 29.8 Å². The second kappa shape index (κ2) is 6.46. The van der Waals surface area contributed by atoms with Gasteiger partial charge in [0, 0.05) is 29.7 Å². The van der Waals surface area contributed by atoms with E-state index in [2.05, 4.69) is 31.0 Å². The highest BCUT2D eigenvalue weighted by Gasteiger charge is 2.21. The predicted octanol–water partition coefficient (Wildman–Crippen LogP) is 2.30. The first-order valence-corrected chi connectivity index (χ1v) is 9.32. The zero-order valence-corrected chi connectivity index (χ0v) is 14.9. The number of halogens is 1. The monoisotopic (exact) mass is 397 g/mol. The van der Waals surface area contributed by atoms with E-state index >= 15 is 0 Å². The van der Waals surface area contributed by atoms with Crippen molar-refractivity contribution in [3.8, 4) is 5.75 Å². The third kappa shape index (κ3) is 3.49. The summed E-state index contributed by atoms with van der Waals surface area (Å²) in [6.07, 6.45) is 2.40. The summed E-state index contributed by atoms with van der Waals surface area (Å²) in [7, 11) is -2.33. The number of benzene rings is 1. The standard InChI is InChI=1S/C15H16BrN3O3S/c1-22-14-3-2-11(16)7-15(14)23(20,21)19-12-6-10-8-17-5-4-13(10)18-9-12/h2-3,6-7,9,17,19H,4-5,8H2,1H3. The van der Waals surface area contributed by atoms with Crippen LogP contribution < -0.4 is 14.8 Å². The van der Waals surface area contributed by atoms with Gasteiger partial charge in [-0.25, -0.2) is 8.42 Å². The van der Waals surface area contributed by atoms with E-state index in [1.165, 1.54) is 13.2 Å². The van der Waals surface area contributed by atoms with Crippen molar-refractivity contribution in [2.45, 2.75) is 17.9 Å². The lowest BCUT2D eigenvalue weighted by molar-refractivity contribution is 0.403. The summed E-state index contributed by atoms with van der Waals surface area (Å²) in [4.78, 5) is 4.42. The Labute approximate surface area is 143 Å². The van der Waals surface area contributed by atoms with E-state index in [0.717, 1.165) is 24.2 Å². The minimum Gasteiger partial charge on any atom is -0.495 e. The van der Waals surface area contributed by atoms with Crippen molar-refractivity contribution >= 4 is 31.6 Å². The average Bonchev–Trinajstić information content (AvgIpc) is 2.54. The zero-order valence-electron chi connectivity index (χ0n) is 12.5. The number of fused-ring (bicyclic) bond motifs is 1. The number of sulfonamides is 1. The summed E-state index contributed by atoms with van der Waals surface area (Å²) in [6, 6.07) is 6.66. The van der Waals surface area contributed by atoms with Crippen LogP contribution in [-0.4, -0.2) is 27.1 Å². The van der Waals surface area contributed by atoms with Gasteiger partial charge in [-0.2, -0.15) is 0 Å². The van der Waals surface area contributed by atoms with E-state index in [1.807, 2.05) is 6.07 Å². The normalized spacial score (nSPS) is 14.2. The van der Waals surface area contributed by atoms with E-state index in [1.54, 1.807) is 18.3 Å². The van der Waals surface area contributed by atoms with Crippen molar-refractivity contribution in [1.29, 1.82) is 0 Å². The fraction of sp³-hybridized carbons (Fsp3) is 0.267. The molecule has 0 amide bonds. The Morgan fingerprint density at radius 2 is 2.17 bits per heavy atom. The Kier molecular flexibility index (Phi) is 4.56. The van der Waals surface area contributed by atoms with E-state index in [-0.39, 0.29) is 10.6 Å². The molecule has 1 aromatic carbocycles. The van der Waals surface area contributed by atoms with Crippen LogP contribution in [0.4, 0.5) is 5.69 Å². The number of nitrogens with one attached hydrogen (secondary N) is 2. The smallest absolute Gasteiger partial charge is 0.265 e. The van der Waals surface area contributed by atoms with Crippen LogP contribution in [0, 0.1) is 0 Å². The molecule has 6 nitrogen and oxygen atoms in total. The highest BCUT2D eigenvalue weighted by molar-refractivity contribution is 9.10. The highest BCUT2D eigenvalue weighted by atomic mass is 79.9. The van der Waals surface area contributed by atoms with Gasteiger partial charge in [0.2, 0.25) is 0 Å². The number of ether oxygens (including phenoxy) is 1. The summed E-state index contributed by atoms with van der Waals surface area (Å²) in [6.45, 7) is 1.58. The maximum absolute atomic E-state index is 12.6. The molecule has 0 fully saturated rings. The Hall–Kier alpha value is -1.64. The average molecular weight is 398 g/mol. The Morgan fingerprint density at radius 1 is 1.35 bits per heavy atom. The molecule has 0 aliphatic carbocycles. The van der Waals surface area contributed by atoms with Gasteiger partial charge in [0.1, 0.15) is 10.6 Å². The van der Waals surface area contributed by atoms with E-state index < -0.39 is 10.0 Å². The number of rotatable bonds is 4. The lowest BCUT2D eigenvalue weighted by Gasteiger charge is -2.17. The molecule has 23 heavy (non-hydrogen) atoms. The van der Waals surface area contributed by atoms with Crippen LogP contribution in [-0.2, 0) is 23.0 Å². The van der Waals surface area contributed by atoms with Crippen molar-refractivity contribution in [1.82, 2.24) is 10.3 Å². The van der Waals surface area contributed by atoms with Gasteiger partial charge in [-0.1, -0.05) is 15.9 Å². The molecule has 0 atom stereocenters. The molecule has 0 unspecified atom stereocenters. The highest BCUT2D eigenvalue weighted by Crippen LogP contribution is 2.29. The molecule has 2 aromatic rings. The van der Waals surface area contributed by atoms with Gasteiger partial charge >= 0.3 is 0 Å². The van der Waals surface area contributed by atoms with Gasteiger partial charge in [0.15, 0.2) is 0 Å². The molecule has 0 radical (unpaired) electrons. The van der Waals surface area contributed by atoms with Gasteiger partial charge in [0.25, 0.3) is 10.0 Å². The number of hydrogen-bond donors (Lipinski definition) is 2. The largest absolute Gasteiger partial charge is 0.495 e. The molecule has 1 aromatic heterocycles. The van der Waals surface area contributed by atoms with Gasteiger partial charge in [-0.15, -0.1) is 0 Å². The summed E-state index contributed by atoms with van der Waals surface area (Å²) >= 11 is 3.28. The molecule has 0 saturated heterocycles. The first kappa shape index (κ1) is 16.2. The van der Waals surface area contributed by atoms with Crippen molar-refractivity contribution in [3.05, 3.63) is 46.2 Å². The number of anilines is 1. The van der Waals surface area contributed by atoms with Crippen molar-refractivity contribution in [2.24, 2.45) is 0 Å². The minimum absolute atomic E-state index is 0.0743. The molecule has 0 spiro atoms. The third-order valence-electron chi connectivity index (χ3n) is 3.58. The van der Waals surface area contributed by atoms with Crippen LogP contribution in [0.1, 0.15) is 11.3 Å². The lowest BCUT2D eigenvalue weighted by Crippen LogP contribution is -2.25. The molecule has 0 saturated carbocycles. The second-order valence-corrected chi connectivity index (χ2v) is 7.72. The molecule has 122 valence electrons. The van der Waals surface area contributed by atoms with E-state index in [0.29, 0.717) is 16.7 Å². The van der Waals surface area contributed by atoms with E-state index in [9.17, 15) is 8.42 Å². The van der Waals surface area contributed by atoms with E-state index in [4.69, 9.17) is 4.74 Å². The molecular weight excluding hydrogens is 382 g/mol. The van der Waals surface area contributed by atoms with Crippen LogP contribution in [0.3, 0.4) is 0 Å². The lowest BCUT2D eigenvalue weighted by atomic mass is 10.1. The number of methoxy groups -OCH3 is 1. The second-order valence-electron chi connectivity index (χ2n) is 5.16. The summed E-state index contributed by atoms with van der Waals surface area (Å²) in [5.74, 6) is 0.285. The Balaban J connectivity index is 1.94. The quantitative estimate of drug-likeness (QED) is 0.826. The maximum Gasteiger partial charge on any atom is 0.265 e. The summed E-state index contributed by atoms with van der Waals surface area (Å²) in [5.41, 5.74) is 2.46. The Morgan fingerprint density at radius 3 is 2.96 bits per heavy atom. The SMILES string of the molecule is COc1ccc(Br)cc1S(=O)(=O)Nc1cnc2c(c1)CNCC2. The first-order valence-electron chi connectivity index (χ1n) is 7.04. The van der Waals surface area contributed by atoms with Gasteiger partial charge < -0.3 is 10.1 Å². The van der Waals surface area contributed by atoms with Crippen LogP contribution >= 0.6 is 15.9 Å². The Bertz CT molecular complexity index is 840. The topological polar surface area (TPSA) is 80.3 Å². The summed E-state index contributed by atoms with van der Waals surface area (Å²) in [5, 5.41) is 3.24. The number of nitrogens with zero attached hydrogens (tertiary/aromatic N) is 1. The van der Waals surface area contributed by atoms with Crippen LogP contribution in [0.5, 0.6) is 5.75 Å². The van der Waals surface area contributed by atoms with Gasteiger partial charge in [0.05, 0.1) is 19.0 Å². The summed E-state index contributed by atoms with van der Waals surface area (Å²) < 4.78 is 33.7. The molecule has 2 heterocycles. The van der Waals surface area contributed by atoms with Crippen molar-refractivity contribution in [2.75, 3.05) is 18.4 Å². The number of pyridine rings is 1. The minimum atomic E-state index is -3.77. The maximum atomic E-state index is 12.6. The zero-order chi connectivity index (χ0) is 16.4. The molecule has 2 N–H and O–H groups in total. The molecule has 1 aliphatic rings. The van der Waals surface area contributed by atoms with Gasteiger partial charge in [-0.3, -0.25) is 9.71 Å². The molecule has 8 heteroatoms. The molecule has 1 aliphatic heterocycles. The third-order valence-corrected chi connectivity index (χ3v) is 5.48. The molecular formula is C15H16BrN3O3S. The van der Waals surface area contributed by atoms with Crippen LogP contribution in [0.15, 0.2) is 39.8 Å². The fourth-order valence-electron chi connectivity index (χ4n) is 2.47. The van der Waals surface area contributed by atoms with Crippen LogP contribution in [0.2, 0.25) is 0 Å². The fourth-order valence-corrected chi connectivity index (χ4v) is 4.22. The van der Waals surface area contributed by atoms with Crippen molar-refractivity contribution < 1.29 is 13.2 Å².